The van der Waals surface area contributed by atoms with E-state index in [0.29, 0.717) is 5.56 Å². The van der Waals surface area contributed by atoms with Gasteiger partial charge in [0, 0.05) is 0 Å². The number of hydrogen-bond donors (Lipinski definition) is 2. The third kappa shape index (κ3) is 2.46. The minimum absolute atomic E-state index is 0.391. The molecule has 5 heteroatoms. The zero-order chi connectivity index (χ0) is 10.8. The number of alkyl halides is 3. The van der Waals surface area contributed by atoms with E-state index in [2.05, 4.69) is 0 Å². The molecule has 0 radical (unpaired) electrons. The van der Waals surface area contributed by atoms with Crippen molar-refractivity contribution < 1.29 is 18.4 Å². The van der Waals surface area contributed by atoms with Crippen LogP contribution in [0.3, 0.4) is 0 Å². The lowest BCUT2D eigenvalue weighted by Gasteiger charge is -2.12. The van der Waals surface area contributed by atoms with Gasteiger partial charge >= 0.3 is 6.18 Å². The monoisotopic (exact) mass is 205 g/mol. The fraction of sp³-hybridized carbons (Fsp3) is 0.333. The van der Waals surface area contributed by atoms with Gasteiger partial charge in [-0.2, -0.15) is 18.7 Å². The van der Waals surface area contributed by atoms with Gasteiger partial charge in [0.05, 0.1) is 11.6 Å². The van der Waals surface area contributed by atoms with Gasteiger partial charge in [-0.15, -0.1) is 0 Å². The molecule has 2 N–H and O–H groups in total. The molecule has 1 aromatic rings. The van der Waals surface area contributed by atoms with E-state index in [1.165, 1.54) is 12.1 Å². The summed E-state index contributed by atoms with van der Waals surface area (Å²) >= 11 is 0. The second-order valence-corrected chi connectivity index (χ2v) is 2.97. The lowest BCUT2D eigenvalue weighted by atomic mass is 10.1. The van der Waals surface area contributed by atoms with Gasteiger partial charge in [0.1, 0.15) is 0 Å². The first kappa shape index (κ1) is 11.0. The van der Waals surface area contributed by atoms with Crippen molar-refractivity contribution in [2.24, 2.45) is 0 Å². The maximum absolute atomic E-state index is 12.3. The van der Waals surface area contributed by atoms with Crippen LogP contribution in [0.2, 0.25) is 0 Å². The van der Waals surface area contributed by atoms with Crippen LogP contribution in [0.4, 0.5) is 13.2 Å². The maximum Gasteiger partial charge on any atom is 0.416 e. The minimum Gasteiger partial charge on any atom is -0.316 e. The largest absolute Gasteiger partial charge is 0.416 e. The number of rotatable bonds is 2. The summed E-state index contributed by atoms with van der Waals surface area (Å²) in [5.74, 6) is 0. The molecule has 0 aromatic heterocycles. The van der Waals surface area contributed by atoms with Crippen LogP contribution in [0.5, 0.6) is 0 Å². The van der Waals surface area contributed by atoms with Crippen molar-refractivity contribution in [3.8, 4) is 0 Å². The summed E-state index contributed by atoms with van der Waals surface area (Å²) in [6.45, 7) is 1.56. The van der Waals surface area contributed by atoms with Crippen LogP contribution in [0.15, 0.2) is 24.3 Å². The highest BCUT2D eigenvalue weighted by Crippen LogP contribution is 2.30. The minimum atomic E-state index is -4.34. The Morgan fingerprint density at radius 1 is 1.36 bits per heavy atom. The Bertz CT molecular complexity index is 311. The predicted octanol–water partition coefficient (Wildman–Crippen LogP) is 2.75. The highest BCUT2D eigenvalue weighted by molar-refractivity contribution is 5.27. The van der Waals surface area contributed by atoms with Gasteiger partial charge in [-0.3, -0.25) is 0 Å². The number of hydrogen-bond acceptors (Lipinski definition) is 2. The Morgan fingerprint density at radius 2 is 2.00 bits per heavy atom. The van der Waals surface area contributed by atoms with E-state index in [4.69, 9.17) is 5.21 Å². The normalized spacial score (nSPS) is 14.1. The summed E-state index contributed by atoms with van der Waals surface area (Å²) in [5, 5.41) is 8.55. The molecule has 2 nitrogen and oxygen atoms in total. The molecule has 0 bridgehead atoms. The van der Waals surface area contributed by atoms with Crippen molar-refractivity contribution >= 4 is 0 Å². The first-order valence-corrected chi connectivity index (χ1v) is 4.02. The average molecular weight is 205 g/mol. The quantitative estimate of drug-likeness (QED) is 0.727. The second kappa shape index (κ2) is 3.98. The third-order valence-corrected chi connectivity index (χ3v) is 1.91. The molecular weight excluding hydrogens is 195 g/mol. The van der Waals surface area contributed by atoms with Crippen molar-refractivity contribution in [3.63, 3.8) is 0 Å². The second-order valence-electron chi connectivity index (χ2n) is 2.97. The fourth-order valence-corrected chi connectivity index (χ4v) is 1.06. The maximum atomic E-state index is 12.3. The Balaban J connectivity index is 3.01. The SMILES string of the molecule is C[C@@H](NO)c1cccc(C(F)(F)F)c1. The predicted molar refractivity (Wildman–Crippen MR) is 44.8 cm³/mol. The van der Waals surface area contributed by atoms with Gasteiger partial charge in [0.2, 0.25) is 0 Å². The zero-order valence-electron chi connectivity index (χ0n) is 7.47. The lowest BCUT2D eigenvalue weighted by molar-refractivity contribution is -0.137. The van der Waals surface area contributed by atoms with E-state index >= 15 is 0 Å². The number of halogens is 3. The number of benzene rings is 1. The lowest BCUT2D eigenvalue weighted by Crippen LogP contribution is -2.14. The van der Waals surface area contributed by atoms with Crippen LogP contribution in [0.1, 0.15) is 24.1 Å². The molecule has 0 heterocycles. The molecule has 0 aliphatic rings. The molecule has 0 unspecified atom stereocenters. The highest BCUT2D eigenvalue weighted by Gasteiger charge is 2.30. The Hall–Kier alpha value is -1.07. The highest BCUT2D eigenvalue weighted by atomic mass is 19.4. The molecule has 1 rings (SSSR count). The van der Waals surface area contributed by atoms with Gasteiger partial charge in [-0.25, -0.2) is 0 Å². The van der Waals surface area contributed by atoms with E-state index in [0.717, 1.165) is 12.1 Å². The molecule has 0 fully saturated rings. The third-order valence-electron chi connectivity index (χ3n) is 1.91. The first-order chi connectivity index (χ1) is 6.45. The summed E-state index contributed by atoms with van der Waals surface area (Å²) in [6, 6.07) is 4.31. The van der Waals surface area contributed by atoms with Gasteiger partial charge in [0.25, 0.3) is 0 Å². The number of nitrogens with one attached hydrogen (secondary N) is 1. The molecule has 14 heavy (non-hydrogen) atoms. The van der Waals surface area contributed by atoms with E-state index < -0.39 is 17.8 Å². The molecule has 0 saturated heterocycles. The van der Waals surface area contributed by atoms with E-state index in [1.807, 2.05) is 5.48 Å². The van der Waals surface area contributed by atoms with Crippen LogP contribution in [0.25, 0.3) is 0 Å². The topological polar surface area (TPSA) is 32.3 Å². The van der Waals surface area contributed by atoms with Crippen molar-refractivity contribution in [3.05, 3.63) is 35.4 Å². The van der Waals surface area contributed by atoms with Crippen LogP contribution < -0.4 is 5.48 Å². The molecule has 1 atom stereocenters. The van der Waals surface area contributed by atoms with Crippen molar-refractivity contribution in [2.45, 2.75) is 19.1 Å². The summed E-state index contributed by atoms with van der Waals surface area (Å²) < 4.78 is 36.8. The van der Waals surface area contributed by atoms with Gasteiger partial charge < -0.3 is 5.21 Å². The Labute approximate surface area is 79.3 Å². The molecule has 0 amide bonds. The Kier molecular flexibility index (Phi) is 3.13. The molecule has 0 aliphatic heterocycles. The first-order valence-electron chi connectivity index (χ1n) is 4.02. The van der Waals surface area contributed by atoms with Gasteiger partial charge in [-0.05, 0) is 24.6 Å². The van der Waals surface area contributed by atoms with Crippen molar-refractivity contribution in [2.75, 3.05) is 0 Å². The average Bonchev–Trinajstić information content (AvgIpc) is 2.15. The molecule has 78 valence electrons. The van der Waals surface area contributed by atoms with Crippen LogP contribution in [-0.2, 0) is 6.18 Å². The standard InChI is InChI=1S/C9H10F3NO/c1-6(13-14)7-3-2-4-8(5-7)9(10,11)12/h2-6,13-14H,1H3/t6-/m1/s1. The summed E-state index contributed by atoms with van der Waals surface area (Å²) in [4.78, 5) is 0. The van der Waals surface area contributed by atoms with E-state index in [-0.39, 0.29) is 0 Å². The van der Waals surface area contributed by atoms with Gasteiger partial charge in [0.15, 0.2) is 0 Å². The van der Waals surface area contributed by atoms with E-state index in [9.17, 15) is 13.2 Å². The smallest absolute Gasteiger partial charge is 0.316 e. The zero-order valence-corrected chi connectivity index (χ0v) is 7.47. The summed E-state index contributed by atoms with van der Waals surface area (Å²) in [5.41, 5.74) is 1.57. The van der Waals surface area contributed by atoms with Crippen LogP contribution in [0, 0.1) is 0 Å². The van der Waals surface area contributed by atoms with Gasteiger partial charge in [-0.1, -0.05) is 12.1 Å². The summed E-state index contributed by atoms with van der Waals surface area (Å²) in [7, 11) is 0. The van der Waals surface area contributed by atoms with Crippen molar-refractivity contribution in [1.29, 1.82) is 0 Å². The fourth-order valence-electron chi connectivity index (χ4n) is 1.06. The molecule has 1 aromatic carbocycles. The number of hydroxylamine groups is 1. The van der Waals surface area contributed by atoms with Crippen molar-refractivity contribution in [1.82, 2.24) is 5.48 Å². The molecule has 0 aliphatic carbocycles. The summed E-state index contributed by atoms with van der Waals surface area (Å²) in [6.07, 6.45) is -4.34. The van der Waals surface area contributed by atoms with Crippen LogP contribution in [-0.4, -0.2) is 5.21 Å². The van der Waals surface area contributed by atoms with Crippen LogP contribution >= 0.6 is 0 Å². The molecular formula is C9H10F3NO. The molecule has 0 saturated carbocycles. The van der Waals surface area contributed by atoms with E-state index in [1.54, 1.807) is 6.92 Å². The molecule has 0 spiro atoms. The Morgan fingerprint density at radius 3 is 2.50 bits per heavy atom.